The van der Waals surface area contributed by atoms with Crippen LogP contribution in [0, 0.1) is 5.82 Å². The van der Waals surface area contributed by atoms with Crippen molar-refractivity contribution >= 4 is 0 Å². The zero-order valence-electron chi connectivity index (χ0n) is 9.99. The maximum atomic E-state index is 13.0. The molecule has 0 spiro atoms. The van der Waals surface area contributed by atoms with E-state index >= 15 is 0 Å². The minimum Gasteiger partial charge on any atom is -0.392 e. The Labute approximate surface area is 96.7 Å². The van der Waals surface area contributed by atoms with Gasteiger partial charge in [0.2, 0.25) is 0 Å². The summed E-state index contributed by atoms with van der Waals surface area (Å²) in [7, 11) is 0. The molecule has 1 N–H and O–H groups in total. The third kappa shape index (κ3) is 4.29. The highest BCUT2D eigenvalue weighted by Gasteiger charge is 2.09. The molecule has 2 nitrogen and oxygen atoms in total. The largest absolute Gasteiger partial charge is 0.392 e. The maximum Gasteiger partial charge on any atom is 0.123 e. The Morgan fingerprint density at radius 1 is 1.38 bits per heavy atom. The van der Waals surface area contributed by atoms with Crippen LogP contribution < -0.4 is 0 Å². The lowest BCUT2D eigenvalue weighted by atomic mass is 10.2. The van der Waals surface area contributed by atoms with Gasteiger partial charge in [0, 0.05) is 13.1 Å². The van der Waals surface area contributed by atoms with Gasteiger partial charge in [0.25, 0.3) is 0 Å². The first kappa shape index (κ1) is 13.1. The van der Waals surface area contributed by atoms with E-state index in [4.69, 9.17) is 0 Å². The Hall–Kier alpha value is -0.930. The molecule has 3 heteroatoms. The number of halogens is 1. The fourth-order valence-corrected chi connectivity index (χ4v) is 1.63. The molecule has 0 aliphatic heterocycles. The topological polar surface area (TPSA) is 23.5 Å². The van der Waals surface area contributed by atoms with Gasteiger partial charge in [0.15, 0.2) is 0 Å². The summed E-state index contributed by atoms with van der Waals surface area (Å²) in [5, 5.41) is 9.58. The van der Waals surface area contributed by atoms with Gasteiger partial charge in [-0.1, -0.05) is 26.0 Å². The van der Waals surface area contributed by atoms with E-state index in [0.717, 1.165) is 18.5 Å². The van der Waals surface area contributed by atoms with Gasteiger partial charge < -0.3 is 5.11 Å². The molecule has 1 atom stereocenters. The number of hydrogen-bond donors (Lipinski definition) is 1. The van der Waals surface area contributed by atoms with Crippen molar-refractivity contribution in [1.29, 1.82) is 0 Å². The molecule has 1 aromatic rings. The summed E-state index contributed by atoms with van der Waals surface area (Å²) in [6.45, 7) is 6.19. The number of rotatable bonds is 6. The summed E-state index contributed by atoms with van der Waals surface area (Å²) in [6.07, 6.45) is 0.452. The molecule has 0 fully saturated rings. The van der Waals surface area contributed by atoms with Crippen LogP contribution in [0.25, 0.3) is 0 Å². The smallest absolute Gasteiger partial charge is 0.123 e. The summed E-state index contributed by atoms with van der Waals surface area (Å²) in [5.41, 5.74) is 0.949. The van der Waals surface area contributed by atoms with Gasteiger partial charge in [0.1, 0.15) is 5.82 Å². The van der Waals surface area contributed by atoms with Crippen LogP contribution in [-0.2, 0) is 6.54 Å². The standard InChI is InChI=1S/C13H20FNO/c1-3-13(16)10-15(4-2)9-11-6-5-7-12(14)8-11/h5-8,13,16H,3-4,9-10H2,1-2H3. The summed E-state index contributed by atoms with van der Waals surface area (Å²) in [6, 6.07) is 6.61. The second kappa shape index (κ2) is 6.61. The lowest BCUT2D eigenvalue weighted by Crippen LogP contribution is -2.31. The van der Waals surface area contributed by atoms with Crippen LogP contribution in [0.2, 0.25) is 0 Å². The van der Waals surface area contributed by atoms with Crippen LogP contribution >= 0.6 is 0 Å². The molecule has 0 radical (unpaired) electrons. The van der Waals surface area contributed by atoms with E-state index in [1.165, 1.54) is 6.07 Å². The molecule has 1 unspecified atom stereocenters. The van der Waals surface area contributed by atoms with Gasteiger partial charge in [-0.25, -0.2) is 4.39 Å². The number of nitrogens with zero attached hydrogens (tertiary/aromatic N) is 1. The predicted octanol–water partition coefficient (Wildman–Crippen LogP) is 2.42. The first-order valence-electron chi connectivity index (χ1n) is 5.80. The van der Waals surface area contributed by atoms with Crippen molar-refractivity contribution in [3.63, 3.8) is 0 Å². The Morgan fingerprint density at radius 2 is 2.12 bits per heavy atom. The van der Waals surface area contributed by atoms with E-state index < -0.39 is 0 Å². The Bertz CT molecular complexity index is 317. The molecule has 0 aromatic heterocycles. The average Bonchev–Trinajstić information content (AvgIpc) is 2.28. The number of hydrogen-bond acceptors (Lipinski definition) is 2. The van der Waals surface area contributed by atoms with Crippen molar-refractivity contribution in [3.05, 3.63) is 35.6 Å². The Balaban J connectivity index is 2.56. The first-order valence-corrected chi connectivity index (χ1v) is 5.80. The normalized spacial score (nSPS) is 13.1. The van der Waals surface area contributed by atoms with Crippen LogP contribution in [0.5, 0.6) is 0 Å². The van der Waals surface area contributed by atoms with Crippen molar-refractivity contribution in [2.45, 2.75) is 32.9 Å². The van der Waals surface area contributed by atoms with Crippen molar-refractivity contribution in [1.82, 2.24) is 4.90 Å². The predicted molar refractivity (Wildman–Crippen MR) is 63.6 cm³/mol. The monoisotopic (exact) mass is 225 g/mol. The van der Waals surface area contributed by atoms with Gasteiger partial charge in [-0.05, 0) is 30.7 Å². The molecule has 1 rings (SSSR count). The maximum absolute atomic E-state index is 13.0. The minimum atomic E-state index is -0.298. The summed E-state index contributed by atoms with van der Waals surface area (Å²) >= 11 is 0. The lowest BCUT2D eigenvalue weighted by molar-refractivity contribution is 0.108. The van der Waals surface area contributed by atoms with E-state index in [9.17, 15) is 9.50 Å². The molecule has 0 amide bonds. The molecule has 0 saturated carbocycles. The van der Waals surface area contributed by atoms with Crippen LogP contribution in [0.3, 0.4) is 0 Å². The molecular formula is C13H20FNO. The number of likely N-dealkylation sites (N-methyl/N-ethyl adjacent to an activating group) is 1. The fourth-order valence-electron chi connectivity index (χ4n) is 1.63. The molecule has 16 heavy (non-hydrogen) atoms. The van der Waals surface area contributed by atoms with Gasteiger partial charge in [0.05, 0.1) is 6.10 Å². The minimum absolute atomic E-state index is 0.204. The Morgan fingerprint density at radius 3 is 2.69 bits per heavy atom. The molecule has 0 heterocycles. The third-order valence-electron chi connectivity index (χ3n) is 2.68. The molecule has 0 aliphatic carbocycles. The molecule has 0 saturated heterocycles. The van der Waals surface area contributed by atoms with Crippen molar-refractivity contribution < 1.29 is 9.50 Å². The summed E-state index contributed by atoms with van der Waals surface area (Å²) < 4.78 is 13.0. The van der Waals surface area contributed by atoms with Crippen molar-refractivity contribution in [2.75, 3.05) is 13.1 Å². The van der Waals surface area contributed by atoms with Gasteiger partial charge in [-0.2, -0.15) is 0 Å². The highest BCUT2D eigenvalue weighted by atomic mass is 19.1. The quantitative estimate of drug-likeness (QED) is 0.803. The molecule has 1 aromatic carbocycles. The number of benzene rings is 1. The first-order chi connectivity index (χ1) is 7.65. The zero-order chi connectivity index (χ0) is 12.0. The summed E-state index contributed by atoms with van der Waals surface area (Å²) in [4.78, 5) is 2.11. The van der Waals surface area contributed by atoms with Crippen LogP contribution in [-0.4, -0.2) is 29.2 Å². The number of aliphatic hydroxyl groups is 1. The van der Waals surface area contributed by atoms with E-state index in [0.29, 0.717) is 13.1 Å². The second-order valence-electron chi connectivity index (χ2n) is 4.02. The van der Waals surface area contributed by atoms with Crippen molar-refractivity contribution in [3.8, 4) is 0 Å². The highest BCUT2D eigenvalue weighted by Crippen LogP contribution is 2.08. The summed E-state index contributed by atoms with van der Waals surface area (Å²) in [5.74, 6) is -0.204. The number of aliphatic hydroxyl groups excluding tert-OH is 1. The molecule has 0 bridgehead atoms. The third-order valence-corrected chi connectivity index (χ3v) is 2.68. The van der Waals surface area contributed by atoms with E-state index in [2.05, 4.69) is 4.90 Å². The van der Waals surface area contributed by atoms with E-state index in [1.54, 1.807) is 12.1 Å². The Kier molecular flexibility index (Phi) is 5.43. The highest BCUT2D eigenvalue weighted by molar-refractivity contribution is 5.16. The van der Waals surface area contributed by atoms with Crippen LogP contribution in [0.4, 0.5) is 4.39 Å². The fraction of sp³-hybridized carbons (Fsp3) is 0.538. The molecule has 90 valence electrons. The van der Waals surface area contributed by atoms with Crippen LogP contribution in [0.15, 0.2) is 24.3 Å². The van der Waals surface area contributed by atoms with E-state index in [1.807, 2.05) is 19.9 Å². The van der Waals surface area contributed by atoms with Gasteiger partial charge in [-0.3, -0.25) is 4.90 Å². The van der Waals surface area contributed by atoms with Crippen molar-refractivity contribution in [2.24, 2.45) is 0 Å². The van der Waals surface area contributed by atoms with E-state index in [-0.39, 0.29) is 11.9 Å². The lowest BCUT2D eigenvalue weighted by Gasteiger charge is -2.23. The molecule has 0 aliphatic rings. The molecular weight excluding hydrogens is 205 g/mol. The van der Waals surface area contributed by atoms with Gasteiger partial charge >= 0.3 is 0 Å². The van der Waals surface area contributed by atoms with Crippen LogP contribution in [0.1, 0.15) is 25.8 Å². The second-order valence-corrected chi connectivity index (χ2v) is 4.02. The zero-order valence-corrected chi connectivity index (χ0v) is 9.99. The van der Waals surface area contributed by atoms with Gasteiger partial charge in [-0.15, -0.1) is 0 Å². The SMILES string of the molecule is CCC(O)CN(CC)Cc1cccc(F)c1. The average molecular weight is 225 g/mol.